The van der Waals surface area contributed by atoms with Gasteiger partial charge in [-0.15, -0.1) is 0 Å². The summed E-state index contributed by atoms with van der Waals surface area (Å²) in [5.41, 5.74) is 0.625. The van der Waals surface area contributed by atoms with Gasteiger partial charge in [0.2, 0.25) is 0 Å². The van der Waals surface area contributed by atoms with E-state index in [0.29, 0.717) is 17.4 Å². The number of thiocarbonyl (C=S) groups is 1. The van der Waals surface area contributed by atoms with Crippen LogP contribution in [0, 0.1) is 5.82 Å². The number of hydrogen-bond acceptors (Lipinski definition) is 2. The maximum absolute atomic E-state index is 13.1. The second kappa shape index (κ2) is 7.96. The van der Waals surface area contributed by atoms with Crippen molar-refractivity contribution in [2.24, 2.45) is 0 Å². The Morgan fingerprint density at radius 3 is 2.68 bits per heavy atom. The minimum atomic E-state index is -0.462. The zero-order valence-electron chi connectivity index (χ0n) is 12.0. The molecule has 2 N–H and O–H groups in total. The van der Waals surface area contributed by atoms with Gasteiger partial charge in [-0.05, 0) is 49.5 Å². The van der Waals surface area contributed by atoms with E-state index >= 15 is 0 Å². The number of anilines is 1. The minimum absolute atomic E-state index is 0.0103. The van der Waals surface area contributed by atoms with E-state index in [1.54, 1.807) is 6.07 Å². The van der Waals surface area contributed by atoms with Gasteiger partial charge in [0.25, 0.3) is 0 Å². The summed E-state index contributed by atoms with van der Waals surface area (Å²) < 4.78 is 18.7. The molecule has 2 aromatic carbocycles. The Hall–Kier alpha value is -1.85. The Bertz CT molecular complexity index is 639. The molecule has 116 valence electrons. The topological polar surface area (TPSA) is 33.3 Å². The van der Waals surface area contributed by atoms with Crippen LogP contribution >= 0.6 is 23.8 Å². The van der Waals surface area contributed by atoms with E-state index in [-0.39, 0.29) is 11.1 Å². The maximum atomic E-state index is 13.1. The first-order valence-electron chi connectivity index (χ1n) is 6.75. The van der Waals surface area contributed by atoms with Gasteiger partial charge in [-0.3, -0.25) is 0 Å². The Labute approximate surface area is 139 Å². The number of para-hydroxylation sites is 1. The Kier molecular flexibility index (Phi) is 5.98. The van der Waals surface area contributed by atoms with Gasteiger partial charge < -0.3 is 15.4 Å². The molecule has 0 aliphatic heterocycles. The molecule has 0 heterocycles. The molecule has 2 rings (SSSR count). The van der Waals surface area contributed by atoms with Gasteiger partial charge in [0.1, 0.15) is 18.2 Å². The first kappa shape index (κ1) is 16.5. The molecule has 0 aromatic heterocycles. The molecule has 0 bridgehead atoms. The van der Waals surface area contributed by atoms with Crippen LogP contribution < -0.4 is 15.4 Å². The summed E-state index contributed by atoms with van der Waals surface area (Å²) in [5.74, 6) is 0.344. The number of nitrogens with one attached hydrogen (secondary N) is 2. The second-order valence-corrected chi connectivity index (χ2v) is 5.57. The van der Waals surface area contributed by atoms with Crippen molar-refractivity contribution in [3.8, 4) is 5.75 Å². The van der Waals surface area contributed by atoms with Gasteiger partial charge in [-0.25, -0.2) is 4.39 Å². The van der Waals surface area contributed by atoms with Crippen molar-refractivity contribution < 1.29 is 9.13 Å². The summed E-state index contributed by atoms with van der Waals surface area (Å²) in [6, 6.07) is 13.9. The first-order chi connectivity index (χ1) is 10.5. The Morgan fingerprint density at radius 1 is 1.27 bits per heavy atom. The first-order valence-corrected chi connectivity index (χ1v) is 7.53. The van der Waals surface area contributed by atoms with Crippen molar-refractivity contribution in [3.05, 3.63) is 59.4 Å². The standard InChI is InChI=1S/C16H16ClFN2OS/c1-11(10-21-13-5-3-2-4-6-13)19-16(22)20-12-7-8-15(18)14(17)9-12/h2-9,11H,10H2,1H3,(H2,19,20,22)/t11-/m0/s1. The second-order valence-electron chi connectivity index (χ2n) is 4.75. The van der Waals surface area contributed by atoms with E-state index in [9.17, 15) is 4.39 Å². The molecule has 1 atom stereocenters. The zero-order valence-corrected chi connectivity index (χ0v) is 13.5. The number of rotatable bonds is 5. The fourth-order valence-corrected chi connectivity index (χ4v) is 2.24. The van der Waals surface area contributed by atoms with Gasteiger partial charge in [-0.2, -0.15) is 0 Å². The highest BCUT2D eigenvalue weighted by Crippen LogP contribution is 2.19. The van der Waals surface area contributed by atoms with Crippen molar-refractivity contribution in [2.75, 3.05) is 11.9 Å². The van der Waals surface area contributed by atoms with Gasteiger partial charge in [0.15, 0.2) is 5.11 Å². The van der Waals surface area contributed by atoms with Crippen LogP contribution in [-0.4, -0.2) is 17.8 Å². The van der Waals surface area contributed by atoms with Crippen LogP contribution in [0.5, 0.6) is 5.75 Å². The average Bonchev–Trinajstić information content (AvgIpc) is 2.50. The molecule has 0 saturated heterocycles. The summed E-state index contributed by atoms with van der Waals surface area (Å²) in [6.45, 7) is 2.42. The fraction of sp³-hybridized carbons (Fsp3) is 0.188. The quantitative estimate of drug-likeness (QED) is 0.799. The van der Waals surface area contributed by atoms with Crippen molar-refractivity contribution in [1.82, 2.24) is 5.32 Å². The number of benzene rings is 2. The van der Waals surface area contributed by atoms with E-state index in [1.165, 1.54) is 12.1 Å². The van der Waals surface area contributed by atoms with Gasteiger partial charge in [0.05, 0.1) is 11.1 Å². The molecule has 0 aliphatic rings. The van der Waals surface area contributed by atoms with Gasteiger partial charge in [-0.1, -0.05) is 29.8 Å². The molecule has 0 spiro atoms. The highest BCUT2D eigenvalue weighted by molar-refractivity contribution is 7.80. The number of halogens is 2. The molecule has 2 aromatic rings. The fourth-order valence-electron chi connectivity index (χ4n) is 1.74. The molecule has 0 saturated carbocycles. The molecular formula is C16H16ClFN2OS. The highest BCUT2D eigenvalue weighted by atomic mass is 35.5. The normalized spacial score (nSPS) is 11.6. The van der Waals surface area contributed by atoms with E-state index in [4.69, 9.17) is 28.6 Å². The van der Waals surface area contributed by atoms with Crippen LogP contribution in [-0.2, 0) is 0 Å². The van der Waals surface area contributed by atoms with Crippen LogP contribution in [0.3, 0.4) is 0 Å². The minimum Gasteiger partial charge on any atom is -0.491 e. The van der Waals surface area contributed by atoms with Crippen molar-refractivity contribution in [2.45, 2.75) is 13.0 Å². The van der Waals surface area contributed by atoms with E-state index in [1.807, 2.05) is 37.3 Å². The molecule has 0 radical (unpaired) electrons. The van der Waals surface area contributed by atoms with Gasteiger partial charge >= 0.3 is 0 Å². The zero-order chi connectivity index (χ0) is 15.9. The smallest absolute Gasteiger partial charge is 0.171 e. The monoisotopic (exact) mass is 338 g/mol. The molecule has 0 amide bonds. The maximum Gasteiger partial charge on any atom is 0.171 e. The predicted octanol–water partition coefficient (Wildman–Crippen LogP) is 4.23. The number of hydrogen-bond donors (Lipinski definition) is 2. The molecular weight excluding hydrogens is 323 g/mol. The summed E-state index contributed by atoms with van der Waals surface area (Å²) in [4.78, 5) is 0. The predicted molar refractivity (Wildman–Crippen MR) is 92.2 cm³/mol. The summed E-state index contributed by atoms with van der Waals surface area (Å²) >= 11 is 10.9. The summed E-state index contributed by atoms with van der Waals surface area (Å²) in [7, 11) is 0. The molecule has 3 nitrogen and oxygen atoms in total. The van der Waals surface area contributed by atoms with E-state index in [2.05, 4.69) is 10.6 Å². The van der Waals surface area contributed by atoms with Crippen LogP contribution in [0.2, 0.25) is 5.02 Å². The largest absolute Gasteiger partial charge is 0.491 e. The lowest BCUT2D eigenvalue weighted by atomic mass is 10.3. The van der Waals surface area contributed by atoms with Gasteiger partial charge in [0, 0.05) is 5.69 Å². The lowest BCUT2D eigenvalue weighted by Crippen LogP contribution is -2.39. The Morgan fingerprint density at radius 2 is 2.00 bits per heavy atom. The third-order valence-corrected chi connectivity index (χ3v) is 3.31. The molecule has 6 heteroatoms. The van der Waals surface area contributed by atoms with E-state index in [0.717, 1.165) is 5.75 Å². The molecule has 0 aliphatic carbocycles. The summed E-state index contributed by atoms with van der Waals surface area (Å²) in [5, 5.41) is 6.52. The Balaban J connectivity index is 1.79. The lowest BCUT2D eigenvalue weighted by Gasteiger charge is -2.17. The molecule has 0 unspecified atom stereocenters. The average molecular weight is 339 g/mol. The number of ether oxygens (including phenoxy) is 1. The molecule has 22 heavy (non-hydrogen) atoms. The SMILES string of the molecule is C[C@@H](COc1ccccc1)NC(=S)Nc1ccc(F)c(Cl)c1. The van der Waals surface area contributed by atoms with Crippen LogP contribution in [0.1, 0.15) is 6.92 Å². The van der Waals surface area contributed by atoms with Crippen LogP contribution in [0.25, 0.3) is 0 Å². The van der Waals surface area contributed by atoms with Crippen LogP contribution in [0.15, 0.2) is 48.5 Å². The van der Waals surface area contributed by atoms with Crippen LogP contribution in [0.4, 0.5) is 10.1 Å². The molecule has 0 fully saturated rings. The third kappa shape index (κ3) is 5.16. The summed E-state index contributed by atoms with van der Waals surface area (Å²) in [6.07, 6.45) is 0. The van der Waals surface area contributed by atoms with Crippen molar-refractivity contribution in [3.63, 3.8) is 0 Å². The van der Waals surface area contributed by atoms with Crippen molar-refractivity contribution >= 4 is 34.6 Å². The van der Waals surface area contributed by atoms with E-state index < -0.39 is 5.82 Å². The van der Waals surface area contributed by atoms with Crippen molar-refractivity contribution in [1.29, 1.82) is 0 Å². The lowest BCUT2D eigenvalue weighted by molar-refractivity contribution is 0.287. The third-order valence-electron chi connectivity index (χ3n) is 2.80. The highest BCUT2D eigenvalue weighted by Gasteiger charge is 2.07.